The molecule has 1 aromatic heterocycles. The summed E-state index contributed by atoms with van der Waals surface area (Å²) in [5.74, 6) is -1.51. The maximum absolute atomic E-state index is 12.4. The minimum Gasteiger partial charge on any atom is -0.475 e. The van der Waals surface area contributed by atoms with Crippen LogP contribution in [0.3, 0.4) is 0 Å². The van der Waals surface area contributed by atoms with Gasteiger partial charge >= 0.3 is 5.97 Å². The molecule has 1 aliphatic rings. The van der Waals surface area contributed by atoms with Gasteiger partial charge in [-0.1, -0.05) is 31.9 Å². The van der Waals surface area contributed by atoms with Crippen LogP contribution in [0.25, 0.3) is 17.0 Å². The van der Waals surface area contributed by atoms with Crippen molar-refractivity contribution in [2.45, 2.75) is 51.9 Å². The number of carboxylic acids is 1. The second-order valence-electron chi connectivity index (χ2n) is 6.34. The van der Waals surface area contributed by atoms with Gasteiger partial charge in [0.15, 0.2) is 5.43 Å². The molecule has 0 atom stereocenters. The predicted molar refractivity (Wildman–Crippen MR) is 94.6 cm³/mol. The van der Waals surface area contributed by atoms with Crippen molar-refractivity contribution in [1.29, 1.82) is 0 Å². The summed E-state index contributed by atoms with van der Waals surface area (Å²) in [5, 5.41) is 9.68. The van der Waals surface area contributed by atoms with Crippen LogP contribution < -0.4 is 5.43 Å². The van der Waals surface area contributed by atoms with E-state index in [4.69, 9.17) is 4.42 Å². The molecule has 1 aromatic carbocycles. The molecule has 126 valence electrons. The van der Waals surface area contributed by atoms with Crippen LogP contribution in [0.5, 0.6) is 0 Å². The number of fused-ring (bicyclic) bond motifs is 2. The van der Waals surface area contributed by atoms with Crippen molar-refractivity contribution < 1.29 is 14.3 Å². The van der Waals surface area contributed by atoms with Crippen molar-refractivity contribution >= 4 is 23.0 Å². The van der Waals surface area contributed by atoms with Gasteiger partial charge in [-0.3, -0.25) is 4.79 Å². The Morgan fingerprint density at radius 1 is 1.29 bits per heavy atom. The third kappa shape index (κ3) is 3.14. The molecule has 0 fully saturated rings. The molecule has 0 bridgehead atoms. The molecule has 0 amide bonds. The monoisotopic (exact) mass is 326 g/mol. The van der Waals surface area contributed by atoms with Crippen LogP contribution in [0.1, 0.15) is 66.3 Å². The molecule has 0 saturated heterocycles. The van der Waals surface area contributed by atoms with Crippen LogP contribution in [0.2, 0.25) is 0 Å². The number of rotatable bonds is 5. The Morgan fingerprint density at radius 2 is 2.08 bits per heavy atom. The van der Waals surface area contributed by atoms with Crippen molar-refractivity contribution in [1.82, 2.24) is 0 Å². The first kappa shape index (κ1) is 16.5. The Balaban J connectivity index is 2.24. The fourth-order valence-electron chi connectivity index (χ4n) is 3.35. The van der Waals surface area contributed by atoms with Gasteiger partial charge in [-0.05, 0) is 49.3 Å². The van der Waals surface area contributed by atoms with Crippen LogP contribution in [0.15, 0.2) is 27.4 Å². The Kier molecular flexibility index (Phi) is 4.84. The summed E-state index contributed by atoms with van der Waals surface area (Å²) in [4.78, 5) is 23.6. The van der Waals surface area contributed by atoms with Gasteiger partial charge in [-0.25, -0.2) is 4.79 Å². The van der Waals surface area contributed by atoms with E-state index in [1.807, 2.05) is 12.1 Å². The minimum atomic E-state index is -1.22. The summed E-state index contributed by atoms with van der Waals surface area (Å²) < 4.78 is 5.61. The summed E-state index contributed by atoms with van der Waals surface area (Å²) >= 11 is 0. The largest absolute Gasteiger partial charge is 0.475 e. The van der Waals surface area contributed by atoms with E-state index in [2.05, 4.69) is 13.0 Å². The van der Waals surface area contributed by atoms with Crippen LogP contribution >= 0.6 is 0 Å². The lowest BCUT2D eigenvalue weighted by Crippen LogP contribution is -2.11. The first-order valence-corrected chi connectivity index (χ1v) is 8.64. The lowest BCUT2D eigenvalue weighted by molar-refractivity contribution is 0.0663. The maximum atomic E-state index is 12.4. The molecule has 0 unspecified atom stereocenters. The summed E-state index contributed by atoms with van der Waals surface area (Å²) in [6, 6.07) is 2.97. The normalized spacial score (nSPS) is 14.2. The van der Waals surface area contributed by atoms with Crippen molar-refractivity contribution in [2.24, 2.45) is 0 Å². The summed E-state index contributed by atoms with van der Waals surface area (Å²) in [6.45, 7) is 2.14. The standard InChI is InChI=1S/C20H22O4/c1-2-3-4-5-10-15-14-9-7-6-8-13(14)11-16-17(21)12-18(20(22)23)24-19(15)16/h5,10-12H,2-4,6-9H2,1H3,(H,22,23)/b10-5+. The zero-order valence-electron chi connectivity index (χ0n) is 13.9. The Labute approximate surface area is 140 Å². The molecule has 0 spiro atoms. The zero-order chi connectivity index (χ0) is 17.1. The van der Waals surface area contributed by atoms with Crippen LogP contribution in [-0.2, 0) is 12.8 Å². The smallest absolute Gasteiger partial charge is 0.371 e. The SMILES string of the molecule is CCCC/C=C/c1c2c(cc3c(=O)cc(C(=O)O)oc13)CCCC2. The molecule has 0 saturated carbocycles. The number of benzene rings is 1. The number of hydrogen-bond donors (Lipinski definition) is 1. The van der Waals surface area contributed by atoms with E-state index in [9.17, 15) is 14.7 Å². The highest BCUT2D eigenvalue weighted by Gasteiger charge is 2.20. The molecule has 0 radical (unpaired) electrons. The fourth-order valence-corrected chi connectivity index (χ4v) is 3.35. The van der Waals surface area contributed by atoms with Crippen molar-refractivity contribution in [2.75, 3.05) is 0 Å². The summed E-state index contributed by atoms with van der Waals surface area (Å²) in [6.07, 6.45) is 11.4. The van der Waals surface area contributed by atoms with Crippen LogP contribution in [0.4, 0.5) is 0 Å². The quantitative estimate of drug-likeness (QED) is 0.817. The summed E-state index contributed by atoms with van der Waals surface area (Å²) in [5.41, 5.74) is 3.41. The number of allylic oxidation sites excluding steroid dienone is 1. The van der Waals surface area contributed by atoms with Crippen molar-refractivity contribution in [3.63, 3.8) is 0 Å². The molecule has 3 rings (SSSR count). The van der Waals surface area contributed by atoms with E-state index in [0.717, 1.165) is 56.6 Å². The topological polar surface area (TPSA) is 67.5 Å². The number of hydrogen-bond acceptors (Lipinski definition) is 3. The highest BCUT2D eigenvalue weighted by molar-refractivity contribution is 5.92. The Morgan fingerprint density at radius 3 is 2.83 bits per heavy atom. The second kappa shape index (κ2) is 7.04. The third-order valence-corrected chi connectivity index (χ3v) is 4.60. The highest BCUT2D eigenvalue weighted by atomic mass is 16.4. The van der Waals surface area contributed by atoms with Gasteiger partial charge in [-0.15, -0.1) is 0 Å². The van der Waals surface area contributed by atoms with Gasteiger partial charge < -0.3 is 9.52 Å². The lowest BCUT2D eigenvalue weighted by Gasteiger charge is -2.19. The Hall–Kier alpha value is -2.36. The summed E-state index contributed by atoms with van der Waals surface area (Å²) in [7, 11) is 0. The maximum Gasteiger partial charge on any atom is 0.371 e. The van der Waals surface area contributed by atoms with Gasteiger partial charge in [0.25, 0.3) is 0 Å². The number of aromatic carboxylic acids is 1. The molecular weight excluding hydrogens is 304 g/mol. The molecule has 1 aliphatic carbocycles. The number of aryl methyl sites for hydroxylation is 1. The van der Waals surface area contributed by atoms with Gasteiger partial charge in [0, 0.05) is 11.6 Å². The minimum absolute atomic E-state index is 0.287. The van der Waals surface area contributed by atoms with Crippen molar-refractivity contribution in [3.05, 3.63) is 50.9 Å². The molecular formula is C20H22O4. The first-order chi connectivity index (χ1) is 11.6. The van der Waals surface area contributed by atoms with E-state index in [0.29, 0.717) is 11.0 Å². The molecule has 1 N–H and O–H groups in total. The molecule has 4 nitrogen and oxygen atoms in total. The van der Waals surface area contributed by atoms with Crippen LogP contribution in [-0.4, -0.2) is 11.1 Å². The molecule has 24 heavy (non-hydrogen) atoms. The lowest BCUT2D eigenvalue weighted by atomic mass is 9.86. The predicted octanol–water partition coefficient (Wildman–Crippen LogP) is 4.57. The van der Waals surface area contributed by atoms with Gasteiger partial charge in [0.2, 0.25) is 5.76 Å². The van der Waals surface area contributed by atoms with E-state index in [-0.39, 0.29) is 11.2 Å². The van der Waals surface area contributed by atoms with Gasteiger partial charge in [0.1, 0.15) is 5.58 Å². The van der Waals surface area contributed by atoms with E-state index < -0.39 is 5.97 Å². The third-order valence-electron chi connectivity index (χ3n) is 4.60. The highest BCUT2D eigenvalue weighted by Crippen LogP contribution is 2.32. The molecule has 1 heterocycles. The number of unbranched alkanes of at least 4 members (excludes halogenated alkanes) is 2. The number of carboxylic acid groups (broad SMARTS) is 1. The van der Waals surface area contributed by atoms with E-state index >= 15 is 0 Å². The van der Waals surface area contributed by atoms with Gasteiger partial charge in [-0.2, -0.15) is 0 Å². The molecule has 4 heteroatoms. The number of carbonyl (C=O) groups is 1. The zero-order valence-corrected chi connectivity index (χ0v) is 13.9. The first-order valence-electron chi connectivity index (χ1n) is 8.64. The van der Waals surface area contributed by atoms with E-state index in [1.54, 1.807) is 0 Å². The van der Waals surface area contributed by atoms with Crippen LogP contribution in [0, 0.1) is 0 Å². The van der Waals surface area contributed by atoms with Gasteiger partial charge in [0.05, 0.1) is 5.39 Å². The van der Waals surface area contributed by atoms with Crippen molar-refractivity contribution in [3.8, 4) is 0 Å². The average Bonchev–Trinajstić information content (AvgIpc) is 2.58. The van der Waals surface area contributed by atoms with E-state index in [1.165, 1.54) is 11.1 Å². The molecule has 2 aromatic rings. The Bertz CT molecular complexity index is 858. The molecule has 0 aliphatic heterocycles. The second-order valence-corrected chi connectivity index (χ2v) is 6.34. The average molecular weight is 326 g/mol. The fraction of sp³-hybridized carbons (Fsp3) is 0.400.